The van der Waals surface area contributed by atoms with Crippen LogP contribution in [0.15, 0.2) is 48.7 Å². The molecule has 11 heteroatoms. The van der Waals surface area contributed by atoms with E-state index in [-0.39, 0.29) is 36.4 Å². The van der Waals surface area contributed by atoms with E-state index in [1.807, 2.05) is 24.3 Å². The number of carbonyl (C=O) groups is 4. The van der Waals surface area contributed by atoms with E-state index < -0.39 is 11.9 Å². The molecule has 4 heterocycles. The Morgan fingerprint density at radius 3 is 2.64 bits per heavy atom. The van der Waals surface area contributed by atoms with Gasteiger partial charge in [0.2, 0.25) is 11.8 Å². The predicted molar refractivity (Wildman–Crippen MR) is 140 cm³/mol. The van der Waals surface area contributed by atoms with Crippen LogP contribution >= 0.6 is 0 Å². The van der Waals surface area contributed by atoms with Crippen molar-refractivity contribution in [1.82, 2.24) is 35.4 Å². The average Bonchev–Trinajstić information content (AvgIpc) is 3.69. The van der Waals surface area contributed by atoms with Gasteiger partial charge >= 0.3 is 0 Å². The normalized spacial score (nSPS) is 19.3. The summed E-state index contributed by atoms with van der Waals surface area (Å²) in [5, 5.41) is 13.4. The van der Waals surface area contributed by atoms with Crippen molar-refractivity contribution in [3.63, 3.8) is 0 Å². The largest absolute Gasteiger partial charge is 0.347 e. The molecule has 200 valence electrons. The maximum Gasteiger partial charge on any atom is 0.273 e. The summed E-state index contributed by atoms with van der Waals surface area (Å²) in [6.45, 7) is 3.75. The monoisotopic (exact) mass is 527 g/mol. The number of piperidine rings is 1. The van der Waals surface area contributed by atoms with Gasteiger partial charge in [-0.15, -0.1) is 5.10 Å². The Morgan fingerprint density at radius 1 is 1.05 bits per heavy atom. The first-order valence-corrected chi connectivity index (χ1v) is 13.2. The molecule has 39 heavy (non-hydrogen) atoms. The van der Waals surface area contributed by atoms with Crippen LogP contribution in [0, 0.1) is 0 Å². The number of hydrogen-bond acceptors (Lipinski definition) is 7. The number of aromatic nitrogens is 3. The number of fused-ring (bicyclic) bond motifs is 1. The minimum atomic E-state index is -0.673. The molecule has 2 N–H and O–H groups in total. The number of nitrogens with zero attached hydrogens (tertiary/aromatic N) is 5. The molecule has 0 saturated carbocycles. The molecule has 3 aromatic rings. The van der Waals surface area contributed by atoms with Crippen LogP contribution in [-0.4, -0.2) is 67.6 Å². The van der Waals surface area contributed by atoms with E-state index in [0.29, 0.717) is 24.2 Å². The first kappa shape index (κ1) is 24.9. The van der Waals surface area contributed by atoms with E-state index in [2.05, 4.69) is 31.9 Å². The number of carbonyl (C=O) groups excluding carboxylic acids is 4. The van der Waals surface area contributed by atoms with Crippen LogP contribution in [0.25, 0.3) is 5.69 Å². The third kappa shape index (κ3) is 5.05. The highest BCUT2D eigenvalue weighted by atomic mass is 16.2. The Kier molecular flexibility index (Phi) is 6.65. The zero-order chi connectivity index (χ0) is 26.9. The van der Waals surface area contributed by atoms with Crippen molar-refractivity contribution in [1.29, 1.82) is 0 Å². The Bertz CT molecular complexity index is 1460. The zero-order valence-corrected chi connectivity index (χ0v) is 21.4. The molecule has 0 spiro atoms. The number of likely N-dealkylation sites (tertiary alicyclic amines) is 1. The number of nitrogens with one attached hydrogen (secondary N) is 2. The summed E-state index contributed by atoms with van der Waals surface area (Å²) in [6.07, 6.45) is 4.53. The summed E-state index contributed by atoms with van der Waals surface area (Å²) >= 11 is 0. The topological polar surface area (TPSA) is 130 Å². The predicted octanol–water partition coefficient (Wildman–Crippen LogP) is 1.55. The SMILES string of the molecule is O=C1CCC(N2Cc3cc(-n4cc(C(=O)NCc5ccccc5CN5CCCC5)nn4)ccc3C2=O)C(=O)N1. The van der Waals surface area contributed by atoms with Crippen molar-refractivity contribution in [3.8, 4) is 5.69 Å². The van der Waals surface area contributed by atoms with Crippen molar-refractivity contribution >= 4 is 23.6 Å². The van der Waals surface area contributed by atoms with Crippen molar-refractivity contribution in [2.45, 2.75) is 51.4 Å². The molecule has 1 aromatic heterocycles. The summed E-state index contributed by atoms with van der Waals surface area (Å²) < 4.78 is 1.50. The quantitative estimate of drug-likeness (QED) is 0.446. The van der Waals surface area contributed by atoms with E-state index in [9.17, 15) is 19.2 Å². The lowest BCUT2D eigenvalue weighted by Gasteiger charge is -2.29. The van der Waals surface area contributed by atoms with E-state index in [1.165, 1.54) is 28.0 Å². The van der Waals surface area contributed by atoms with Gasteiger partial charge in [-0.05, 0) is 67.2 Å². The number of hydrogen-bond donors (Lipinski definition) is 2. The molecule has 11 nitrogen and oxygen atoms in total. The summed E-state index contributed by atoms with van der Waals surface area (Å²) in [5.74, 6) is -1.33. The molecule has 2 fully saturated rings. The van der Waals surface area contributed by atoms with Crippen LogP contribution in [0.3, 0.4) is 0 Å². The number of rotatable bonds is 7. The lowest BCUT2D eigenvalue weighted by Crippen LogP contribution is -2.52. The van der Waals surface area contributed by atoms with Crippen LogP contribution in [0.5, 0.6) is 0 Å². The van der Waals surface area contributed by atoms with Crippen LogP contribution in [0.1, 0.15) is 63.2 Å². The fraction of sp³-hybridized carbons (Fsp3) is 0.357. The first-order valence-electron chi connectivity index (χ1n) is 13.2. The molecule has 2 aromatic carbocycles. The van der Waals surface area contributed by atoms with Crippen LogP contribution < -0.4 is 10.6 Å². The van der Waals surface area contributed by atoms with Crippen LogP contribution in [-0.2, 0) is 29.2 Å². The van der Waals surface area contributed by atoms with E-state index in [0.717, 1.165) is 30.8 Å². The Hall–Kier alpha value is -4.38. The van der Waals surface area contributed by atoms with Gasteiger partial charge in [-0.25, -0.2) is 4.68 Å². The third-order valence-corrected chi connectivity index (χ3v) is 7.65. The summed E-state index contributed by atoms with van der Waals surface area (Å²) in [5.41, 5.74) is 4.38. The molecular formula is C28H29N7O4. The van der Waals surface area contributed by atoms with Crippen molar-refractivity contribution in [2.24, 2.45) is 0 Å². The van der Waals surface area contributed by atoms with Gasteiger partial charge in [-0.3, -0.25) is 29.4 Å². The lowest BCUT2D eigenvalue weighted by molar-refractivity contribution is -0.136. The van der Waals surface area contributed by atoms with Crippen molar-refractivity contribution in [2.75, 3.05) is 13.1 Å². The maximum absolute atomic E-state index is 12.9. The Balaban J connectivity index is 1.12. The maximum atomic E-state index is 12.9. The van der Waals surface area contributed by atoms with Gasteiger partial charge < -0.3 is 10.2 Å². The van der Waals surface area contributed by atoms with E-state index in [1.54, 1.807) is 18.3 Å². The molecule has 1 unspecified atom stereocenters. The number of amides is 4. The molecule has 0 bridgehead atoms. The smallest absolute Gasteiger partial charge is 0.273 e. The molecule has 0 aliphatic carbocycles. The standard InChI is InChI=1S/C28H29N7O4/c36-25-10-9-24(27(38)30-25)34-16-20-13-21(7-8-22(20)28(34)39)35-17-23(31-32-35)26(37)29-14-18-5-1-2-6-19(18)15-33-11-3-4-12-33/h1-2,5-8,13,17,24H,3-4,9-12,14-16H2,(H,29,37)(H,30,36,38). The lowest BCUT2D eigenvalue weighted by atomic mass is 10.0. The average molecular weight is 528 g/mol. The van der Waals surface area contributed by atoms with E-state index >= 15 is 0 Å². The van der Waals surface area contributed by atoms with Gasteiger partial charge in [0.25, 0.3) is 11.8 Å². The second-order valence-electron chi connectivity index (χ2n) is 10.2. The molecule has 4 amide bonds. The molecule has 2 saturated heterocycles. The van der Waals surface area contributed by atoms with Crippen molar-refractivity contribution in [3.05, 3.63) is 76.6 Å². The van der Waals surface area contributed by atoms with Gasteiger partial charge in [-0.1, -0.05) is 29.5 Å². The molecule has 1 atom stereocenters. The highest BCUT2D eigenvalue weighted by Crippen LogP contribution is 2.29. The van der Waals surface area contributed by atoms with E-state index in [4.69, 9.17) is 0 Å². The van der Waals surface area contributed by atoms with Gasteiger partial charge in [-0.2, -0.15) is 0 Å². The minimum absolute atomic E-state index is 0.189. The summed E-state index contributed by atoms with van der Waals surface area (Å²) in [6, 6.07) is 12.7. The van der Waals surface area contributed by atoms with Crippen LogP contribution in [0.4, 0.5) is 0 Å². The number of imide groups is 1. The molecular weight excluding hydrogens is 498 g/mol. The van der Waals surface area contributed by atoms with Crippen LogP contribution in [0.2, 0.25) is 0 Å². The van der Waals surface area contributed by atoms with Crippen molar-refractivity contribution < 1.29 is 19.2 Å². The highest BCUT2D eigenvalue weighted by molar-refractivity contribution is 6.05. The zero-order valence-electron chi connectivity index (χ0n) is 21.4. The minimum Gasteiger partial charge on any atom is -0.347 e. The fourth-order valence-corrected chi connectivity index (χ4v) is 5.53. The third-order valence-electron chi connectivity index (χ3n) is 7.65. The van der Waals surface area contributed by atoms with Gasteiger partial charge in [0.05, 0.1) is 11.9 Å². The second kappa shape index (κ2) is 10.4. The fourth-order valence-electron chi connectivity index (χ4n) is 5.53. The van der Waals surface area contributed by atoms with Gasteiger partial charge in [0.1, 0.15) is 6.04 Å². The molecule has 0 radical (unpaired) electrons. The summed E-state index contributed by atoms with van der Waals surface area (Å²) in [7, 11) is 0. The molecule has 3 aliphatic heterocycles. The highest BCUT2D eigenvalue weighted by Gasteiger charge is 2.39. The Labute approximate surface area is 225 Å². The first-order chi connectivity index (χ1) is 19.0. The van der Waals surface area contributed by atoms with Gasteiger partial charge in [0.15, 0.2) is 5.69 Å². The molecule has 6 rings (SSSR count). The van der Waals surface area contributed by atoms with Gasteiger partial charge in [0, 0.05) is 31.6 Å². The molecule has 3 aliphatic rings. The Morgan fingerprint density at radius 2 is 1.85 bits per heavy atom. The second-order valence-corrected chi connectivity index (χ2v) is 10.2. The number of benzene rings is 2. The summed E-state index contributed by atoms with van der Waals surface area (Å²) in [4.78, 5) is 53.5.